The Balaban J connectivity index is 1.44. The first-order valence-electron chi connectivity index (χ1n) is 10.5. The summed E-state index contributed by atoms with van der Waals surface area (Å²) in [5.74, 6) is 0.817. The van der Waals surface area contributed by atoms with Crippen LogP contribution in [0.3, 0.4) is 0 Å². The van der Waals surface area contributed by atoms with Gasteiger partial charge in [0.2, 0.25) is 0 Å². The largest absolute Gasteiger partial charge is 0.373 e. The van der Waals surface area contributed by atoms with Crippen LogP contribution in [0.1, 0.15) is 44.7 Å². The second-order valence-corrected chi connectivity index (χ2v) is 8.45. The normalized spacial score (nSPS) is 29.1. The van der Waals surface area contributed by atoms with Gasteiger partial charge in [-0.05, 0) is 44.7 Å². The lowest BCUT2D eigenvalue weighted by molar-refractivity contribution is -0.0704. The lowest BCUT2D eigenvalue weighted by Gasteiger charge is -2.35. The highest BCUT2D eigenvalue weighted by atomic mass is 16.5. The second-order valence-electron chi connectivity index (χ2n) is 8.45. The molecule has 0 spiro atoms. The van der Waals surface area contributed by atoms with E-state index in [1.54, 1.807) is 7.05 Å². The van der Waals surface area contributed by atoms with Gasteiger partial charge in [0.05, 0.1) is 17.8 Å². The van der Waals surface area contributed by atoms with Gasteiger partial charge in [-0.3, -0.25) is 9.89 Å². The van der Waals surface area contributed by atoms with Gasteiger partial charge in [-0.1, -0.05) is 24.3 Å². The standard InChI is InChI=1S/C22H36N4O2/c1-17-13-26(14-18(2)28-17)15-20-8-6-19(7-9-20)12-24-21(23-4)25-16-22(3)10-5-11-27-22/h6-9,17-18H,5,10-16H2,1-4H3,(H2,23,24,25). The molecule has 2 N–H and O–H groups in total. The van der Waals surface area contributed by atoms with Crippen molar-refractivity contribution in [2.45, 2.75) is 64.5 Å². The molecule has 156 valence electrons. The van der Waals surface area contributed by atoms with Crippen molar-refractivity contribution in [1.29, 1.82) is 0 Å². The van der Waals surface area contributed by atoms with E-state index in [2.05, 4.69) is 65.6 Å². The van der Waals surface area contributed by atoms with Crippen molar-refractivity contribution < 1.29 is 9.47 Å². The smallest absolute Gasteiger partial charge is 0.191 e. The summed E-state index contributed by atoms with van der Waals surface area (Å²) in [4.78, 5) is 6.80. The number of guanidine groups is 1. The van der Waals surface area contributed by atoms with E-state index >= 15 is 0 Å². The molecule has 2 heterocycles. The van der Waals surface area contributed by atoms with E-state index in [-0.39, 0.29) is 5.60 Å². The van der Waals surface area contributed by atoms with Crippen molar-refractivity contribution in [2.24, 2.45) is 4.99 Å². The average molecular weight is 389 g/mol. The molecule has 28 heavy (non-hydrogen) atoms. The Labute approximate surface area is 169 Å². The van der Waals surface area contributed by atoms with Crippen molar-refractivity contribution in [2.75, 3.05) is 33.3 Å². The maximum atomic E-state index is 5.83. The third kappa shape index (κ3) is 6.19. The zero-order chi connectivity index (χ0) is 20.0. The van der Waals surface area contributed by atoms with Gasteiger partial charge in [0.1, 0.15) is 0 Å². The first-order chi connectivity index (χ1) is 13.5. The van der Waals surface area contributed by atoms with E-state index in [9.17, 15) is 0 Å². The van der Waals surface area contributed by atoms with Gasteiger partial charge in [-0.25, -0.2) is 0 Å². The Morgan fingerprint density at radius 3 is 2.43 bits per heavy atom. The van der Waals surface area contributed by atoms with Crippen molar-refractivity contribution >= 4 is 5.96 Å². The molecular weight excluding hydrogens is 352 g/mol. The number of nitrogens with zero attached hydrogens (tertiary/aromatic N) is 2. The van der Waals surface area contributed by atoms with E-state index < -0.39 is 0 Å². The molecule has 0 radical (unpaired) electrons. The van der Waals surface area contributed by atoms with Crippen LogP contribution in [0.5, 0.6) is 0 Å². The van der Waals surface area contributed by atoms with Gasteiger partial charge < -0.3 is 20.1 Å². The van der Waals surface area contributed by atoms with Crippen LogP contribution >= 0.6 is 0 Å². The van der Waals surface area contributed by atoms with Crippen LogP contribution < -0.4 is 10.6 Å². The Morgan fingerprint density at radius 2 is 1.82 bits per heavy atom. The Bertz CT molecular complexity index is 630. The van der Waals surface area contributed by atoms with E-state index in [1.807, 2.05) is 0 Å². The molecule has 0 bridgehead atoms. The van der Waals surface area contributed by atoms with E-state index in [0.29, 0.717) is 12.2 Å². The molecule has 3 rings (SSSR count). The molecule has 1 aromatic carbocycles. The second kappa shape index (κ2) is 9.72. The minimum Gasteiger partial charge on any atom is -0.373 e. The summed E-state index contributed by atoms with van der Waals surface area (Å²) >= 11 is 0. The van der Waals surface area contributed by atoms with Crippen LogP contribution in [0.2, 0.25) is 0 Å². The summed E-state index contributed by atoms with van der Waals surface area (Å²) < 4.78 is 11.7. The van der Waals surface area contributed by atoms with E-state index in [1.165, 1.54) is 11.1 Å². The highest BCUT2D eigenvalue weighted by Gasteiger charge is 2.29. The summed E-state index contributed by atoms with van der Waals surface area (Å²) in [6, 6.07) is 8.85. The lowest BCUT2D eigenvalue weighted by atomic mass is 10.0. The molecular formula is C22H36N4O2. The summed E-state index contributed by atoms with van der Waals surface area (Å²) in [6.07, 6.45) is 2.85. The quantitative estimate of drug-likeness (QED) is 0.579. The topological polar surface area (TPSA) is 58.1 Å². The number of rotatable bonds is 6. The molecule has 6 nitrogen and oxygen atoms in total. The Morgan fingerprint density at radius 1 is 1.14 bits per heavy atom. The average Bonchev–Trinajstić information content (AvgIpc) is 3.09. The third-order valence-electron chi connectivity index (χ3n) is 5.54. The molecule has 0 aliphatic carbocycles. The molecule has 2 aliphatic heterocycles. The van der Waals surface area contributed by atoms with Crippen LogP contribution in [-0.4, -0.2) is 62.0 Å². The summed E-state index contributed by atoms with van der Waals surface area (Å²) in [5.41, 5.74) is 2.52. The van der Waals surface area contributed by atoms with Crippen molar-refractivity contribution in [3.63, 3.8) is 0 Å². The highest BCUT2D eigenvalue weighted by Crippen LogP contribution is 2.23. The fraction of sp³-hybridized carbons (Fsp3) is 0.682. The van der Waals surface area contributed by atoms with Crippen LogP contribution in [0, 0.1) is 0 Å². The number of ether oxygens (including phenoxy) is 2. The van der Waals surface area contributed by atoms with Crippen LogP contribution in [0.25, 0.3) is 0 Å². The van der Waals surface area contributed by atoms with Gasteiger partial charge in [0, 0.05) is 46.4 Å². The van der Waals surface area contributed by atoms with E-state index in [4.69, 9.17) is 9.47 Å². The van der Waals surface area contributed by atoms with Crippen molar-refractivity contribution in [1.82, 2.24) is 15.5 Å². The molecule has 0 aromatic heterocycles. The van der Waals surface area contributed by atoms with Crippen LogP contribution in [0.4, 0.5) is 0 Å². The number of nitrogens with one attached hydrogen (secondary N) is 2. The number of morpholine rings is 1. The van der Waals surface area contributed by atoms with Gasteiger partial charge in [0.25, 0.3) is 0 Å². The predicted octanol–water partition coefficient (Wildman–Crippen LogP) is 2.53. The van der Waals surface area contributed by atoms with Crippen LogP contribution in [0.15, 0.2) is 29.3 Å². The fourth-order valence-electron chi connectivity index (χ4n) is 4.09. The molecule has 2 fully saturated rings. The van der Waals surface area contributed by atoms with Gasteiger partial charge in [-0.2, -0.15) is 0 Å². The first-order valence-corrected chi connectivity index (χ1v) is 10.5. The number of aliphatic imine (C=N–C) groups is 1. The van der Waals surface area contributed by atoms with Gasteiger partial charge in [0.15, 0.2) is 5.96 Å². The lowest BCUT2D eigenvalue weighted by Crippen LogP contribution is -2.45. The predicted molar refractivity (Wildman–Crippen MR) is 114 cm³/mol. The highest BCUT2D eigenvalue weighted by molar-refractivity contribution is 5.79. The zero-order valence-corrected chi connectivity index (χ0v) is 17.8. The number of hydrogen-bond donors (Lipinski definition) is 2. The SMILES string of the molecule is CN=C(NCc1ccc(CN2CC(C)OC(C)C2)cc1)NCC1(C)CCCO1. The first kappa shape index (κ1) is 21.1. The molecule has 2 aliphatic rings. The summed E-state index contributed by atoms with van der Waals surface area (Å²) in [5, 5.41) is 6.79. The Hall–Kier alpha value is -1.63. The molecule has 0 saturated carbocycles. The van der Waals surface area contributed by atoms with Crippen LogP contribution in [-0.2, 0) is 22.6 Å². The molecule has 0 amide bonds. The molecule has 1 aromatic rings. The van der Waals surface area contributed by atoms with Crippen molar-refractivity contribution in [3.05, 3.63) is 35.4 Å². The molecule has 6 heteroatoms. The minimum absolute atomic E-state index is 0.0756. The summed E-state index contributed by atoms with van der Waals surface area (Å²) in [6.45, 7) is 11.8. The van der Waals surface area contributed by atoms with Crippen molar-refractivity contribution in [3.8, 4) is 0 Å². The summed E-state index contributed by atoms with van der Waals surface area (Å²) in [7, 11) is 1.81. The zero-order valence-electron chi connectivity index (χ0n) is 17.8. The van der Waals surface area contributed by atoms with E-state index in [0.717, 1.165) is 58.1 Å². The van der Waals surface area contributed by atoms with Gasteiger partial charge in [-0.15, -0.1) is 0 Å². The fourth-order valence-corrected chi connectivity index (χ4v) is 4.09. The Kier molecular flexibility index (Phi) is 7.32. The maximum absolute atomic E-state index is 5.83. The molecule has 3 unspecified atom stereocenters. The van der Waals surface area contributed by atoms with Gasteiger partial charge >= 0.3 is 0 Å². The molecule has 3 atom stereocenters. The molecule has 2 saturated heterocycles. The third-order valence-corrected chi connectivity index (χ3v) is 5.54. The minimum atomic E-state index is -0.0756. The number of hydrogen-bond acceptors (Lipinski definition) is 4. The monoisotopic (exact) mass is 388 g/mol. The maximum Gasteiger partial charge on any atom is 0.191 e. The number of benzene rings is 1.